The highest BCUT2D eigenvalue weighted by molar-refractivity contribution is 5.97. The molecule has 2 unspecified atom stereocenters. The molecule has 4 amide bonds. The van der Waals surface area contributed by atoms with Crippen LogP contribution in [0.25, 0.3) is 33.6 Å². The number of hydrogen-bond acceptors (Lipinski definition) is 9. The summed E-state index contributed by atoms with van der Waals surface area (Å²) in [5, 5.41) is 0. The summed E-state index contributed by atoms with van der Waals surface area (Å²) in [6.45, 7) is 8.97. The molecule has 2 saturated heterocycles. The number of likely N-dealkylation sites (tertiary alicyclic amines) is 2. The summed E-state index contributed by atoms with van der Waals surface area (Å²) in [5.74, 6) is 0.0702. The molecule has 316 valence electrons. The van der Waals surface area contributed by atoms with Crippen molar-refractivity contribution >= 4 is 36.4 Å². The minimum atomic E-state index is -0.728. The highest BCUT2D eigenvalue weighted by atomic mass is 16.5. The van der Waals surface area contributed by atoms with Crippen molar-refractivity contribution in [3.05, 3.63) is 71.6 Å². The van der Waals surface area contributed by atoms with Crippen molar-refractivity contribution in [1.82, 2.24) is 34.6 Å². The minimum absolute atomic E-state index is 0.00943. The molecule has 3 aliphatic rings. The largest absolute Gasteiger partial charge is 0.451 e. The van der Waals surface area contributed by atoms with Crippen molar-refractivity contribution in [2.45, 2.75) is 71.5 Å². The molecule has 4 atom stereocenters. The first-order valence-electron chi connectivity index (χ1n) is 20.7. The van der Waals surface area contributed by atoms with Gasteiger partial charge in [0.25, 0.3) is 0 Å². The van der Waals surface area contributed by atoms with E-state index in [1.54, 1.807) is 0 Å². The van der Waals surface area contributed by atoms with Gasteiger partial charge in [-0.1, -0.05) is 52.0 Å². The third-order valence-corrected chi connectivity index (χ3v) is 12.1. The van der Waals surface area contributed by atoms with E-state index in [1.165, 1.54) is 48.9 Å². The van der Waals surface area contributed by atoms with Crippen LogP contribution in [-0.4, -0.2) is 112 Å². The number of carbonyl (C=O) groups excluding carboxylic acids is 4. The number of aromatic amines is 2. The third-order valence-electron chi connectivity index (χ3n) is 12.1. The van der Waals surface area contributed by atoms with Gasteiger partial charge in [0.1, 0.15) is 11.6 Å². The van der Waals surface area contributed by atoms with Gasteiger partial charge in [0.2, 0.25) is 11.8 Å². The molecular formula is C45H55N9O6. The average Bonchev–Trinajstić information content (AvgIpc) is 4.08. The van der Waals surface area contributed by atoms with E-state index in [0.717, 1.165) is 59.8 Å². The van der Waals surface area contributed by atoms with Gasteiger partial charge in [-0.05, 0) is 97.1 Å². The first-order valence-corrected chi connectivity index (χ1v) is 20.7. The van der Waals surface area contributed by atoms with Crippen LogP contribution in [0.5, 0.6) is 0 Å². The Kier molecular flexibility index (Phi) is 12.5. The second kappa shape index (κ2) is 17.7. The molecular weight excluding hydrogens is 763 g/mol. The fourth-order valence-electron chi connectivity index (χ4n) is 8.88. The van der Waals surface area contributed by atoms with E-state index in [1.807, 2.05) is 49.9 Å². The molecule has 2 N–H and O–H groups in total. The minimum Gasteiger partial charge on any atom is -0.451 e. The Labute approximate surface area is 350 Å². The Morgan fingerprint density at radius 2 is 1.13 bits per heavy atom. The number of carbonyl (C=O) groups is 4. The molecule has 0 spiro atoms. The Bertz CT molecular complexity index is 2150. The van der Waals surface area contributed by atoms with Gasteiger partial charge in [-0.3, -0.25) is 14.5 Å². The van der Waals surface area contributed by atoms with E-state index < -0.39 is 24.0 Å². The summed E-state index contributed by atoms with van der Waals surface area (Å²) in [4.78, 5) is 81.3. The molecule has 0 saturated carbocycles. The van der Waals surface area contributed by atoms with Crippen molar-refractivity contribution in [2.75, 3.05) is 41.4 Å². The van der Waals surface area contributed by atoms with Gasteiger partial charge in [0.15, 0.2) is 0 Å². The number of methoxy groups -OCH3 is 2. The van der Waals surface area contributed by atoms with Crippen LogP contribution < -0.4 is 0 Å². The Hall–Kier alpha value is -5.96. The van der Waals surface area contributed by atoms with Crippen LogP contribution in [0.2, 0.25) is 0 Å². The van der Waals surface area contributed by atoms with Crippen LogP contribution in [0, 0.1) is 23.7 Å². The Morgan fingerprint density at radius 1 is 0.717 bits per heavy atom. The van der Waals surface area contributed by atoms with Gasteiger partial charge in [-0.25, -0.2) is 19.6 Å². The first kappa shape index (κ1) is 42.2. The molecule has 15 heteroatoms. The van der Waals surface area contributed by atoms with Crippen LogP contribution in [0.4, 0.5) is 9.59 Å². The van der Waals surface area contributed by atoms with Gasteiger partial charge in [-0.2, -0.15) is 9.98 Å². The zero-order chi connectivity index (χ0) is 42.8. The second-order valence-electron chi connectivity index (χ2n) is 16.7. The number of fused-ring (bicyclic) bond motifs is 3. The van der Waals surface area contributed by atoms with E-state index in [2.05, 4.69) is 84.8 Å². The number of nitrogens with one attached hydrogen (secondary N) is 2. The normalized spacial score (nSPS) is 19.8. The van der Waals surface area contributed by atoms with Gasteiger partial charge < -0.3 is 29.2 Å². The number of aromatic nitrogens is 4. The third kappa shape index (κ3) is 8.27. The fourth-order valence-corrected chi connectivity index (χ4v) is 8.88. The maximum Gasteiger partial charge on any atom is 0.432 e. The van der Waals surface area contributed by atoms with Crippen molar-refractivity contribution in [3.63, 3.8) is 0 Å². The van der Waals surface area contributed by atoms with E-state index >= 15 is 0 Å². The van der Waals surface area contributed by atoms with Crippen LogP contribution >= 0.6 is 0 Å². The predicted molar refractivity (Wildman–Crippen MR) is 228 cm³/mol. The molecule has 4 heterocycles. The molecule has 2 aromatic carbocycles. The quantitative estimate of drug-likeness (QED) is 0.144. The van der Waals surface area contributed by atoms with E-state index in [9.17, 15) is 19.2 Å². The number of imidazole rings is 2. The van der Waals surface area contributed by atoms with Crippen molar-refractivity contribution < 1.29 is 28.7 Å². The molecule has 60 heavy (non-hydrogen) atoms. The van der Waals surface area contributed by atoms with Crippen LogP contribution in [-0.2, 0) is 19.1 Å². The molecule has 0 radical (unpaired) electrons. The maximum atomic E-state index is 13.8. The molecule has 2 aliphatic heterocycles. The second-order valence-corrected chi connectivity index (χ2v) is 16.7. The van der Waals surface area contributed by atoms with Crippen LogP contribution in [0.3, 0.4) is 0 Å². The number of rotatable bonds is 11. The van der Waals surface area contributed by atoms with Crippen molar-refractivity contribution in [3.8, 4) is 33.6 Å². The average molecular weight is 818 g/mol. The number of hydrogen-bond donors (Lipinski definition) is 2. The zero-order valence-electron chi connectivity index (χ0n) is 35.6. The number of aliphatic imine (C=N–C) groups is 2. The van der Waals surface area contributed by atoms with E-state index in [4.69, 9.17) is 9.97 Å². The molecule has 7 rings (SSSR count). The summed E-state index contributed by atoms with van der Waals surface area (Å²) in [7, 11) is 6.70. The summed E-state index contributed by atoms with van der Waals surface area (Å²) in [6.07, 6.45) is 8.31. The number of amides is 4. The maximum absolute atomic E-state index is 13.8. The smallest absolute Gasteiger partial charge is 0.432 e. The Balaban J connectivity index is 1.10. The molecule has 4 aromatic rings. The summed E-state index contributed by atoms with van der Waals surface area (Å²) >= 11 is 0. The number of H-pyrrole nitrogens is 2. The predicted octanol–water partition coefficient (Wildman–Crippen LogP) is 7.64. The zero-order valence-corrected chi connectivity index (χ0v) is 35.6. The van der Waals surface area contributed by atoms with Crippen LogP contribution in [0.15, 0.2) is 58.8 Å². The van der Waals surface area contributed by atoms with Crippen molar-refractivity contribution in [1.29, 1.82) is 0 Å². The van der Waals surface area contributed by atoms with Crippen LogP contribution in [0.1, 0.15) is 94.3 Å². The Morgan fingerprint density at radius 3 is 1.50 bits per heavy atom. The monoisotopic (exact) mass is 817 g/mol. The lowest BCUT2D eigenvalue weighted by Crippen LogP contribution is -2.39. The van der Waals surface area contributed by atoms with E-state index in [0.29, 0.717) is 13.1 Å². The van der Waals surface area contributed by atoms with Gasteiger partial charge in [0, 0.05) is 25.5 Å². The molecule has 2 fully saturated rings. The summed E-state index contributed by atoms with van der Waals surface area (Å²) in [6, 6.07) is 12.6. The molecule has 2 aromatic heterocycles. The summed E-state index contributed by atoms with van der Waals surface area (Å²) in [5.41, 5.74) is 8.44. The highest BCUT2D eigenvalue weighted by Crippen LogP contribution is 2.48. The number of benzene rings is 2. The van der Waals surface area contributed by atoms with Gasteiger partial charge in [-0.15, -0.1) is 0 Å². The molecule has 15 nitrogen and oxygen atoms in total. The summed E-state index contributed by atoms with van der Waals surface area (Å²) < 4.78 is 9.31. The van der Waals surface area contributed by atoms with Gasteiger partial charge in [0.05, 0.1) is 68.0 Å². The number of nitrogens with zero attached hydrogens (tertiary/aromatic N) is 7. The van der Waals surface area contributed by atoms with Gasteiger partial charge >= 0.3 is 12.2 Å². The lowest BCUT2D eigenvalue weighted by atomic mass is 9.95. The standard InChI is InChI=1S/C45H55N9O6/c1-25(2)33(21-48-44(57)59-7)42(55)53-17-9-11-37(53)40-46-23-35(50-40)27-13-15-29-30-16-14-28(20-32(30)39(52(5)6)31(29)19-27)36-24-47-41(51-36)38-12-10-18-54(38)43(56)34(26(3)4)22-49-45(58)60-8/h13-16,19-26,33-34,37-39H,9-12,17-18H2,1-8H3,(H,46,50)(H,47,51)/t33?,34?,37-,38-,39?/m0/s1. The lowest BCUT2D eigenvalue weighted by Gasteiger charge is -2.28. The lowest BCUT2D eigenvalue weighted by molar-refractivity contribution is -0.136. The molecule has 0 bridgehead atoms. The van der Waals surface area contributed by atoms with E-state index in [-0.39, 0.29) is 41.8 Å². The van der Waals surface area contributed by atoms with Crippen molar-refractivity contribution in [2.24, 2.45) is 33.7 Å². The first-order chi connectivity index (χ1) is 28.8. The fraction of sp³-hybridized carbons (Fsp3) is 0.467. The topological polar surface area (TPSA) is 179 Å². The number of ether oxygens (including phenoxy) is 2. The molecule has 1 aliphatic carbocycles. The SMILES string of the molecule is COC(=O)N=CC(C(=O)N1CCC[C@H]1c1ncc(-c2ccc3c(c2)C(N(C)C)c2cc(-c4cnc([C@@H]5CCCN5C(=O)C(C=NC(=O)OC)C(C)C)[nH]4)ccc2-3)[nH]1)C(C)C. The highest BCUT2D eigenvalue weighted by Gasteiger charge is 2.38.